The van der Waals surface area contributed by atoms with E-state index >= 15 is 0 Å². The van der Waals surface area contributed by atoms with Crippen LogP contribution >= 0.6 is 0 Å². The number of hydrogen-bond donors (Lipinski definition) is 1. The molecule has 0 bridgehead atoms. The Morgan fingerprint density at radius 3 is 2.90 bits per heavy atom. The lowest BCUT2D eigenvalue weighted by molar-refractivity contribution is 0.0757. The number of benzene rings is 1. The van der Waals surface area contributed by atoms with Crippen LogP contribution in [0.5, 0.6) is 5.75 Å². The number of carbonyl (C=O) groups is 1. The number of anilines is 1. The molecule has 0 aromatic heterocycles. The number of rotatable bonds is 4. The molecule has 2 rings (SSSR count). The summed E-state index contributed by atoms with van der Waals surface area (Å²) in [7, 11) is 1.57. The van der Waals surface area contributed by atoms with Crippen molar-refractivity contribution in [3.8, 4) is 5.75 Å². The first-order chi connectivity index (χ1) is 10.2. The monoisotopic (exact) mass is 290 g/mol. The van der Waals surface area contributed by atoms with Gasteiger partial charge in [-0.2, -0.15) is 0 Å². The van der Waals surface area contributed by atoms with Crippen molar-refractivity contribution in [3.05, 3.63) is 23.8 Å². The van der Waals surface area contributed by atoms with Gasteiger partial charge in [0.25, 0.3) is 5.91 Å². The molecule has 1 aliphatic rings. The van der Waals surface area contributed by atoms with Crippen LogP contribution in [0.3, 0.4) is 0 Å². The zero-order valence-electron chi connectivity index (χ0n) is 13.1. The molecule has 1 amide bonds. The fourth-order valence-electron chi connectivity index (χ4n) is 3.17. The van der Waals surface area contributed by atoms with Crippen molar-refractivity contribution < 1.29 is 9.53 Å². The second kappa shape index (κ2) is 7.34. The molecule has 4 heteroatoms. The van der Waals surface area contributed by atoms with Crippen molar-refractivity contribution in [1.29, 1.82) is 0 Å². The van der Waals surface area contributed by atoms with Gasteiger partial charge in [0.05, 0.1) is 7.11 Å². The minimum absolute atomic E-state index is 0.00194. The Balaban J connectivity index is 2.13. The highest BCUT2D eigenvalue weighted by Gasteiger charge is 2.24. The van der Waals surface area contributed by atoms with E-state index in [4.69, 9.17) is 10.5 Å². The summed E-state index contributed by atoms with van der Waals surface area (Å²) in [5.74, 6) is 1.32. The first-order valence-corrected chi connectivity index (χ1v) is 7.89. The molecule has 21 heavy (non-hydrogen) atoms. The molecule has 1 saturated heterocycles. The van der Waals surface area contributed by atoms with Crippen LogP contribution in [0.1, 0.15) is 49.4 Å². The van der Waals surface area contributed by atoms with Gasteiger partial charge in [0, 0.05) is 18.8 Å². The standard InChI is InChI=1S/C17H26N2O2/c1-3-6-13-7-5-11-19(12-10-13)17(20)16-14(18)8-4-9-15(16)21-2/h4,8-9,13H,3,5-7,10-12,18H2,1-2H3. The van der Waals surface area contributed by atoms with Crippen LogP contribution in [-0.2, 0) is 0 Å². The molecule has 0 aliphatic carbocycles. The molecule has 0 spiro atoms. The molecule has 2 N–H and O–H groups in total. The van der Waals surface area contributed by atoms with Crippen molar-refractivity contribution in [2.24, 2.45) is 5.92 Å². The van der Waals surface area contributed by atoms with Crippen LogP contribution in [0.25, 0.3) is 0 Å². The molecule has 1 fully saturated rings. The van der Waals surface area contributed by atoms with E-state index in [1.165, 1.54) is 19.3 Å². The number of nitrogens with two attached hydrogens (primary N) is 1. The predicted molar refractivity (Wildman–Crippen MR) is 85.6 cm³/mol. The van der Waals surface area contributed by atoms with Gasteiger partial charge in [-0.25, -0.2) is 0 Å². The van der Waals surface area contributed by atoms with Gasteiger partial charge >= 0.3 is 0 Å². The maximum absolute atomic E-state index is 12.8. The summed E-state index contributed by atoms with van der Waals surface area (Å²) < 4.78 is 5.30. The number of carbonyl (C=O) groups excluding carboxylic acids is 1. The topological polar surface area (TPSA) is 55.6 Å². The second-order valence-corrected chi connectivity index (χ2v) is 5.80. The van der Waals surface area contributed by atoms with Crippen LogP contribution in [0.4, 0.5) is 5.69 Å². The molecule has 0 saturated carbocycles. The van der Waals surface area contributed by atoms with Crippen molar-refractivity contribution in [1.82, 2.24) is 4.90 Å². The van der Waals surface area contributed by atoms with Gasteiger partial charge in [0.15, 0.2) is 0 Å². The van der Waals surface area contributed by atoms with Crippen LogP contribution in [0.2, 0.25) is 0 Å². The summed E-state index contributed by atoms with van der Waals surface area (Å²) in [5, 5.41) is 0. The number of nitrogen functional groups attached to an aromatic ring is 1. The molecular formula is C17H26N2O2. The molecule has 116 valence electrons. The lowest BCUT2D eigenvalue weighted by Gasteiger charge is -2.22. The van der Waals surface area contributed by atoms with E-state index in [-0.39, 0.29) is 5.91 Å². The number of likely N-dealkylation sites (tertiary alicyclic amines) is 1. The van der Waals surface area contributed by atoms with Crippen molar-refractivity contribution in [2.75, 3.05) is 25.9 Å². The molecule has 4 nitrogen and oxygen atoms in total. The number of amides is 1. The van der Waals surface area contributed by atoms with Crippen LogP contribution in [0.15, 0.2) is 18.2 Å². The third kappa shape index (κ3) is 3.69. The number of hydrogen-bond acceptors (Lipinski definition) is 3. The highest BCUT2D eigenvalue weighted by atomic mass is 16.5. The van der Waals surface area contributed by atoms with Gasteiger partial charge in [0.1, 0.15) is 11.3 Å². The Labute approximate surface area is 127 Å². The van der Waals surface area contributed by atoms with Crippen molar-refractivity contribution >= 4 is 11.6 Å². The van der Waals surface area contributed by atoms with Gasteiger partial charge in [0.2, 0.25) is 0 Å². The van der Waals surface area contributed by atoms with Gasteiger partial charge in [-0.15, -0.1) is 0 Å². The first-order valence-electron chi connectivity index (χ1n) is 7.89. The Bertz CT molecular complexity index is 488. The Kier molecular flexibility index (Phi) is 5.48. The Morgan fingerprint density at radius 2 is 2.19 bits per heavy atom. The zero-order chi connectivity index (χ0) is 15.2. The lowest BCUT2D eigenvalue weighted by atomic mass is 9.96. The Hall–Kier alpha value is -1.71. The summed E-state index contributed by atoms with van der Waals surface area (Å²) in [6.45, 7) is 3.86. The van der Waals surface area contributed by atoms with Crippen LogP contribution < -0.4 is 10.5 Å². The molecule has 1 unspecified atom stereocenters. The SMILES string of the molecule is CCCC1CCCN(C(=O)c2c(N)cccc2OC)CC1. The minimum Gasteiger partial charge on any atom is -0.496 e. The summed E-state index contributed by atoms with van der Waals surface area (Å²) in [6, 6.07) is 5.36. The van der Waals surface area contributed by atoms with Crippen LogP contribution in [0, 0.1) is 5.92 Å². The van der Waals surface area contributed by atoms with Crippen molar-refractivity contribution in [3.63, 3.8) is 0 Å². The quantitative estimate of drug-likeness (QED) is 0.865. The molecular weight excluding hydrogens is 264 g/mol. The normalized spacial score (nSPS) is 19.1. The molecule has 1 aliphatic heterocycles. The molecule has 0 radical (unpaired) electrons. The highest BCUT2D eigenvalue weighted by molar-refractivity contribution is 6.01. The summed E-state index contributed by atoms with van der Waals surface area (Å²) in [4.78, 5) is 14.7. The average molecular weight is 290 g/mol. The van der Waals surface area contributed by atoms with E-state index in [1.807, 2.05) is 11.0 Å². The largest absolute Gasteiger partial charge is 0.496 e. The summed E-state index contributed by atoms with van der Waals surface area (Å²) in [6.07, 6.45) is 5.87. The molecule has 1 heterocycles. The fourth-order valence-corrected chi connectivity index (χ4v) is 3.17. The van der Waals surface area contributed by atoms with E-state index in [1.54, 1.807) is 19.2 Å². The van der Waals surface area contributed by atoms with E-state index in [0.29, 0.717) is 17.0 Å². The van der Waals surface area contributed by atoms with Gasteiger partial charge in [-0.05, 0) is 37.3 Å². The third-order valence-electron chi connectivity index (χ3n) is 4.32. The highest BCUT2D eigenvalue weighted by Crippen LogP contribution is 2.28. The summed E-state index contributed by atoms with van der Waals surface area (Å²) in [5.41, 5.74) is 6.99. The second-order valence-electron chi connectivity index (χ2n) is 5.80. The number of ether oxygens (including phenoxy) is 1. The van der Waals surface area contributed by atoms with Gasteiger partial charge < -0.3 is 15.4 Å². The maximum atomic E-state index is 12.8. The maximum Gasteiger partial charge on any atom is 0.259 e. The van der Waals surface area contributed by atoms with Crippen LogP contribution in [-0.4, -0.2) is 31.0 Å². The molecule has 1 atom stereocenters. The Morgan fingerprint density at radius 1 is 1.38 bits per heavy atom. The fraction of sp³-hybridized carbons (Fsp3) is 0.588. The van der Waals surface area contributed by atoms with Gasteiger partial charge in [-0.1, -0.05) is 25.8 Å². The summed E-state index contributed by atoms with van der Waals surface area (Å²) >= 11 is 0. The number of methoxy groups -OCH3 is 1. The third-order valence-corrected chi connectivity index (χ3v) is 4.32. The smallest absolute Gasteiger partial charge is 0.259 e. The van der Waals surface area contributed by atoms with Crippen molar-refractivity contribution in [2.45, 2.75) is 39.0 Å². The minimum atomic E-state index is 0.00194. The van der Waals surface area contributed by atoms with E-state index in [9.17, 15) is 4.79 Å². The number of nitrogens with zero attached hydrogens (tertiary/aromatic N) is 1. The first kappa shape index (κ1) is 15.7. The molecule has 1 aromatic carbocycles. The zero-order valence-corrected chi connectivity index (χ0v) is 13.1. The lowest BCUT2D eigenvalue weighted by Crippen LogP contribution is -2.32. The van der Waals surface area contributed by atoms with E-state index in [2.05, 4.69) is 6.92 Å². The van der Waals surface area contributed by atoms with E-state index < -0.39 is 0 Å². The average Bonchev–Trinajstić information content (AvgIpc) is 2.72. The predicted octanol–water partition coefficient (Wildman–Crippen LogP) is 3.32. The van der Waals surface area contributed by atoms with Gasteiger partial charge in [-0.3, -0.25) is 4.79 Å². The van der Waals surface area contributed by atoms with E-state index in [0.717, 1.165) is 31.8 Å². The molecule has 1 aromatic rings.